The third kappa shape index (κ3) is 5.04. The molecule has 1 unspecified atom stereocenters. The predicted molar refractivity (Wildman–Crippen MR) is 70.3 cm³/mol. The van der Waals surface area contributed by atoms with Gasteiger partial charge in [-0.05, 0) is 37.1 Å². The monoisotopic (exact) mass is 257 g/mol. The zero-order chi connectivity index (χ0) is 12.7. The van der Waals surface area contributed by atoms with Crippen LogP contribution in [0.3, 0.4) is 0 Å². The minimum atomic E-state index is -0.845. The minimum Gasteiger partial charge on any atom is -0.387 e. The molecule has 0 spiro atoms. The fraction of sp³-hybridized carbons (Fsp3) is 0.538. The van der Waals surface area contributed by atoms with Gasteiger partial charge in [-0.25, -0.2) is 0 Å². The third-order valence-corrected chi connectivity index (χ3v) is 2.96. The van der Waals surface area contributed by atoms with E-state index in [1.54, 1.807) is 7.11 Å². The largest absolute Gasteiger partial charge is 0.387 e. The number of hydrogen-bond acceptors (Lipinski definition) is 3. The Hall–Kier alpha value is -0.610. The number of nitrogens with two attached hydrogens (primary N) is 1. The average Bonchev–Trinajstić information content (AvgIpc) is 2.30. The fourth-order valence-corrected chi connectivity index (χ4v) is 2.02. The molecule has 0 amide bonds. The highest BCUT2D eigenvalue weighted by molar-refractivity contribution is 6.30. The van der Waals surface area contributed by atoms with Gasteiger partial charge in [-0.2, -0.15) is 0 Å². The van der Waals surface area contributed by atoms with Crippen molar-refractivity contribution in [3.8, 4) is 0 Å². The van der Waals surface area contributed by atoms with E-state index < -0.39 is 5.60 Å². The Bertz CT molecular complexity index is 329. The van der Waals surface area contributed by atoms with Crippen LogP contribution in [-0.2, 0) is 11.2 Å². The Morgan fingerprint density at radius 3 is 2.53 bits per heavy atom. The fourth-order valence-electron chi connectivity index (χ4n) is 1.89. The first-order valence-electron chi connectivity index (χ1n) is 5.75. The van der Waals surface area contributed by atoms with Crippen LogP contribution in [0, 0.1) is 0 Å². The first kappa shape index (κ1) is 14.5. The Labute approximate surface area is 108 Å². The van der Waals surface area contributed by atoms with E-state index in [4.69, 9.17) is 22.1 Å². The maximum Gasteiger partial charge on any atom is 0.0920 e. The topological polar surface area (TPSA) is 55.5 Å². The highest BCUT2D eigenvalue weighted by atomic mass is 35.5. The maximum absolute atomic E-state index is 10.5. The lowest BCUT2D eigenvalue weighted by Gasteiger charge is -2.27. The number of methoxy groups -OCH3 is 1. The smallest absolute Gasteiger partial charge is 0.0920 e. The molecule has 0 heterocycles. The number of ether oxygens (including phenoxy) is 1. The van der Waals surface area contributed by atoms with Gasteiger partial charge < -0.3 is 15.6 Å². The molecule has 96 valence electrons. The molecule has 0 aliphatic rings. The molecular formula is C13H20ClNO2. The molecule has 0 fully saturated rings. The predicted octanol–water partition coefficient (Wildman–Crippen LogP) is 2.00. The molecule has 1 aromatic rings. The van der Waals surface area contributed by atoms with Crippen LogP contribution in [0.25, 0.3) is 0 Å². The van der Waals surface area contributed by atoms with Crippen LogP contribution in [0.1, 0.15) is 18.4 Å². The Kier molecular flexibility index (Phi) is 5.92. The number of halogens is 1. The highest BCUT2D eigenvalue weighted by Gasteiger charge is 2.26. The molecule has 0 aliphatic carbocycles. The molecule has 0 aliphatic heterocycles. The summed E-state index contributed by atoms with van der Waals surface area (Å²) < 4.78 is 5.08. The molecule has 0 aromatic heterocycles. The van der Waals surface area contributed by atoms with Crippen molar-refractivity contribution in [2.24, 2.45) is 5.73 Å². The summed E-state index contributed by atoms with van der Waals surface area (Å²) in [5, 5.41) is 11.2. The van der Waals surface area contributed by atoms with E-state index in [-0.39, 0.29) is 0 Å². The molecule has 4 heteroatoms. The molecule has 3 nitrogen and oxygen atoms in total. The summed E-state index contributed by atoms with van der Waals surface area (Å²) >= 11 is 5.82. The van der Waals surface area contributed by atoms with Gasteiger partial charge in [-0.15, -0.1) is 0 Å². The van der Waals surface area contributed by atoms with Gasteiger partial charge in [0.25, 0.3) is 0 Å². The quantitative estimate of drug-likeness (QED) is 0.786. The molecule has 0 saturated heterocycles. The van der Waals surface area contributed by atoms with E-state index in [2.05, 4.69) is 0 Å². The van der Waals surface area contributed by atoms with Gasteiger partial charge in [0.2, 0.25) is 0 Å². The van der Waals surface area contributed by atoms with Crippen molar-refractivity contribution in [2.45, 2.75) is 24.9 Å². The van der Waals surface area contributed by atoms with Crippen LogP contribution in [0.5, 0.6) is 0 Å². The zero-order valence-corrected chi connectivity index (χ0v) is 10.9. The molecule has 0 saturated carbocycles. The van der Waals surface area contributed by atoms with Gasteiger partial charge in [0, 0.05) is 18.6 Å². The molecule has 1 atom stereocenters. The molecule has 1 aromatic carbocycles. The highest BCUT2D eigenvalue weighted by Crippen LogP contribution is 2.21. The second-order valence-corrected chi connectivity index (χ2v) is 4.79. The van der Waals surface area contributed by atoms with E-state index in [0.717, 1.165) is 12.0 Å². The van der Waals surface area contributed by atoms with Crippen molar-refractivity contribution >= 4 is 11.6 Å². The van der Waals surface area contributed by atoms with Gasteiger partial charge in [0.15, 0.2) is 0 Å². The second kappa shape index (κ2) is 6.97. The number of rotatable bonds is 7. The Morgan fingerprint density at radius 2 is 2.00 bits per heavy atom. The standard InChI is InChI=1S/C13H20ClNO2/c1-17-10-13(16,7-2-8-15)9-11-3-5-12(14)6-4-11/h3-6,16H,2,7-10,15H2,1H3. The number of benzene rings is 1. The SMILES string of the molecule is COCC(O)(CCCN)Cc1ccc(Cl)cc1. The summed E-state index contributed by atoms with van der Waals surface area (Å²) in [6.07, 6.45) is 1.98. The zero-order valence-electron chi connectivity index (χ0n) is 10.2. The third-order valence-electron chi connectivity index (χ3n) is 2.71. The van der Waals surface area contributed by atoms with Gasteiger partial charge in [-0.3, -0.25) is 0 Å². The summed E-state index contributed by atoms with van der Waals surface area (Å²) in [5.41, 5.74) is 5.68. The van der Waals surface area contributed by atoms with Crippen molar-refractivity contribution in [3.63, 3.8) is 0 Å². The van der Waals surface area contributed by atoms with Crippen molar-refractivity contribution < 1.29 is 9.84 Å². The maximum atomic E-state index is 10.5. The van der Waals surface area contributed by atoms with Gasteiger partial charge >= 0.3 is 0 Å². The van der Waals surface area contributed by atoms with E-state index >= 15 is 0 Å². The first-order chi connectivity index (χ1) is 8.09. The Balaban J connectivity index is 2.67. The van der Waals surface area contributed by atoms with Gasteiger partial charge in [0.05, 0.1) is 12.2 Å². The normalized spacial score (nSPS) is 14.6. The molecule has 17 heavy (non-hydrogen) atoms. The average molecular weight is 258 g/mol. The summed E-state index contributed by atoms with van der Waals surface area (Å²) in [7, 11) is 1.59. The van der Waals surface area contributed by atoms with E-state index in [0.29, 0.717) is 31.0 Å². The van der Waals surface area contributed by atoms with Gasteiger partial charge in [-0.1, -0.05) is 23.7 Å². The lowest BCUT2D eigenvalue weighted by atomic mass is 9.90. The molecule has 0 bridgehead atoms. The summed E-state index contributed by atoms with van der Waals surface area (Å²) in [5.74, 6) is 0. The van der Waals surface area contributed by atoms with E-state index in [1.165, 1.54) is 0 Å². The molecule has 3 N–H and O–H groups in total. The van der Waals surface area contributed by atoms with Crippen molar-refractivity contribution in [2.75, 3.05) is 20.3 Å². The van der Waals surface area contributed by atoms with Crippen molar-refractivity contribution in [3.05, 3.63) is 34.9 Å². The summed E-state index contributed by atoms with van der Waals surface area (Å²) in [6.45, 7) is 0.891. The Morgan fingerprint density at radius 1 is 1.35 bits per heavy atom. The van der Waals surface area contributed by atoms with Crippen LogP contribution >= 0.6 is 11.6 Å². The van der Waals surface area contributed by atoms with Crippen molar-refractivity contribution in [1.82, 2.24) is 0 Å². The van der Waals surface area contributed by atoms with Crippen LogP contribution in [-0.4, -0.2) is 31.0 Å². The molecule has 1 rings (SSSR count). The molecular weight excluding hydrogens is 238 g/mol. The lowest BCUT2D eigenvalue weighted by molar-refractivity contribution is -0.0375. The number of hydrogen-bond donors (Lipinski definition) is 2. The van der Waals surface area contributed by atoms with Crippen LogP contribution in [0.2, 0.25) is 5.02 Å². The van der Waals surface area contributed by atoms with Crippen LogP contribution < -0.4 is 5.73 Å². The first-order valence-corrected chi connectivity index (χ1v) is 6.13. The second-order valence-electron chi connectivity index (χ2n) is 4.35. The van der Waals surface area contributed by atoms with Gasteiger partial charge in [0.1, 0.15) is 0 Å². The summed E-state index contributed by atoms with van der Waals surface area (Å²) in [4.78, 5) is 0. The minimum absolute atomic E-state index is 0.315. The van der Waals surface area contributed by atoms with Crippen molar-refractivity contribution in [1.29, 1.82) is 0 Å². The van der Waals surface area contributed by atoms with E-state index in [9.17, 15) is 5.11 Å². The van der Waals surface area contributed by atoms with Crippen LogP contribution in [0.4, 0.5) is 0 Å². The lowest BCUT2D eigenvalue weighted by Crippen LogP contribution is -2.37. The van der Waals surface area contributed by atoms with Crippen LogP contribution in [0.15, 0.2) is 24.3 Å². The number of aliphatic hydroxyl groups is 1. The summed E-state index contributed by atoms with van der Waals surface area (Å²) in [6, 6.07) is 7.50. The van der Waals surface area contributed by atoms with E-state index in [1.807, 2.05) is 24.3 Å². The molecule has 0 radical (unpaired) electrons.